The van der Waals surface area contributed by atoms with E-state index < -0.39 is 5.91 Å². The van der Waals surface area contributed by atoms with Gasteiger partial charge < -0.3 is 19.5 Å². The Morgan fingerprint density at radius 3 is 2.56 bits per heavy atom. The molecule has 0 saturated carbocycles. The number of nitrogens with one attached hydrogen (secondary N) is 1. The van der Waals surface area contributed by atoms with Crippen LogP contribution in [0.3, 0.4) is 0 Å². The van der Waals surface area contributed by atoms with Gasteiger partial charge in [-0.25, -0.2) is 0 Å². The second kappa shape index (κ2) is 11.9. The molecule has 0 aliphatic heterocycles. The predicted octanol–water partition coefficient (Wildman–Crippen LogP) is 6.29. The summed E-state index contributed by atoms with van der Waals surface area (Å²) in [4.78, 5) is 12.7. The monoisotopic (exact) mass is 520 g/mol. The van der Waals surface area contributed by atoms with Crippen LogP contribution in [-0.4, -0.2) is 19.6 Å². The Morgan fingerprint density at radius 2 is 1.88 bits per heavy atom. The lowest BCUT2D eigenvalue weighted by Crippen LogP contribution is -2.13. The summed E-state index contributed by atoms with van der Waals surface area (Å²) in [7, 11) is 1.54. The highest BCUT2D eigenvalue weighted by Gasteiger charge is 2.14. The lowest BCUT2D eigenvalue weighted by atomic mass is 10.1. The van der Waals surface area contributed by atoms with Crippen molar-refractivity contribution >= 4 is 33.6 Å². The quantitative estimate of drug-likeness (QED) is 0.265. The number of benzene rings is 3. The molecule has 3 aromatic rings. The second-order valence-electron chi connectivity index (χ2n) is 7.39. The van der Waals surface area contributed by atoms with Crippen molar-refractivity contribution in [2.24, 2.45) is 0 Å². The van der Waals surface area contributed by atoms with Crippen LogP contribution in [0.5, 0.6) is 17.2 Å². The van der Waals surface area contributed by atoms with Crippen molar-refractivity contribution < 1.29 is 19.0 Å². The molecule has 0 unspecified atom stereocenters. The smallest absolute Gasteiger partial charge is 0.266 e. The zero-order valence-electron chi connectivity index (χ0n) is 19.2. The first-order valence-electron chi connectivity index (χ1n) is 10.7. The van der Waals surface area contributed by atoms with Gasteiger partial charge in [0.25, 0.3) is 5.91 Å². The molecule has 0 spiro atoms. The van der Waals surface area contributed by atoms with Crippen LogP contribution in [0.15, 0.2) is 70.7 Å². The molecule has 3 aromatic carbocycles. The average Bonchev–Trinajstić information content (AvgIpc) is 2.83. The normalized spacial score (nSPS) is 10.9. The van der Waals surface area contributed by atoms with Crippen LogP contribution in [0.25, 0.3) is 6.08 Å². The molecule has 0 heterocycles. The summed E-state index contributed by atoms with van der Waals surface area (Å²) in [5, 5.41) is 12.3. The number of methoxy groups -OCH3 is 1. The summed E-state index contributed by atoms with van der Waals surface area (Å²) >= 11 is 3.52. The van der Waals surface area contributed by atoms with Crippen LogP contribution in [0.1, 0.15) is 23.6 Å². The first kappa shape index (κ1) is 24.9. The first-order valence-corrected chi connectivity index (χ1v) is 11.4. The maximum absolute atomic E-state index is 12.7. The fourth-order valence-corrected chi connectivity index (χ4v) is 3.72. The number of hydrogen-bond donors (Lipinski definition) is 1. The van der Waals surface area contributed by atoms with Crippen molar-refractivity contribution in [2.75, 3.05) is 19.0 Å². The summed E-state index contributed by atoms with van der Waals surface area (Å²) in [6.07, 6.45) is 1.50. The van der Waals surface area contributed by atoms with Crippen LogP contribution in [0, 0.1) is 18.3 Å². The Bertz CT molecular complexity index is 1230. The number of amides is 1. The predicted molar refractivity (Wildman–Crippen MR) is 136 cm³/mol. The van der Waals surface area contributed by atoms with Gasteiger partial charge in [-0.15, -0.1) is 0 Å². The van der Waals surface area contributed by atoms with Crippen LogP contribution >= 0.6 is 15.9 Å². The largest absolute Gasteiger partial charge is 0.494 e. The van der Waals surface area contributed by atoms with Crippen molar-refractivity contribution in [2.45, 2.75) is 20.5 Å². The Morgan fingerprint density at radius 1 is 1.12 bits per heavy atom. The number of carbonyl (C=O) groups is 1. The van der Waals surface area contributed by atoms with Crippen molar-refractivity contribution in [3.05, 3.63) is 87.4 Å². The SMILES string of the molecule is CCOc1cccc(NC(=O)/C(C#N)=C\c2cc(Br)c(OCc3ccc(C)cc3)c(OC)c2)c1. The minimum atomic E-state index is -0.522. The lowest BCUT2D eigenvalue weighted by Gasteiger charge is -2.14. The summed E-state index contributed by atoms with van der Waals surface area (Å²) in [6, 6.07) is 20.5. The van der Waals surface area contributed by atoms with E-state index in [1.807, 2.05) is 44.2 Å². The third-order valence-electron chi connectivity index (χ3n) is 4.83. The third kappa shape index (κ3) is 6.63. The van der Waals surface area contributed by atoms with Gasteiger partial charge in [0.15, 0.2) is 11.5 Å². The van der Waals surface area contributed by atoms with Gasteiger partial charge in [0, 0.05) is 11.8 Å². The van der Waals surface area contributed by atoms with Crippen molar-refractivity contribution in [1.82, 2.24) is 0 Å². The molecule has 3 rings (SSSR count). The Hall–Kier alpha value is -3.76. The molecule has 0 aromatic heterocycles. The molecule has 7 heteroatoms. The molecule has 0 saturated heterocycles. The fraction of sp³-hybridized carbons (Fsp3) is 0.185. The first-order chi connectivity index (χ1) is 16.4. The number of halogens is 1. The second-order valence-corrected chi connectivity index (χ2v) is 8.25. The van der Waals surface area contributed by atoms with Gasteiger partial charge in [-0.2, -0.15) is 5.26 Å². The average molecular weight is 521 g/mol. The Balaban J connectivity index is 1.79. The number of nitrogens with zero attached hydrogens (tertiary/aromatic N) is 1. The van der Waals surface area contributed by atoms with Crippen molar-refractivity contribution in [1.29, 1.82) is 5.26 Å². The highest BCUT2D eigenvalue weighted by Crippen LogP contribution is 2.38. The Labute approximate surface area is 207 Å². The molecule has 1 amide bonds. The van der Waals surface area contributed by atoms with Crippen LogP contribution < -0.4 is 19.5 Å². The summed E-state index contributed by atoms with van der Waals surface area (Å²) < 4.78 is 17.6. The molecule has 0 fully saturated rings. The zero-order chi connectivity index (χ0) is 24.5. The van der Waals surface area contributed by atoms with Gasteiger partial charge >= 0.3 is 0 Å². The lowest BCUT2D eigenvalue weighted by molar-refractivity contribution is -0.112. The van der Waals surface area contributed by atoms with E-state index in [9.17, 15) is 10.1 Å². The molecule has 174 valence electrons. The Kier molecular flexibility index (Phi) is 8.72. The topological polar surface area (TPSA) is 80.6 Å². The number of carbonyl (C=O) groups excluding carboxylic acids is 1. The van der Waals surface area contributed by atoms with E-state index in [0.29, 0.717) is 46.2 Å². The number of rotatable bonds is 9. The molecule has 1 N–H and O–H groups in total. The highest BCUT2D eigenvalue weighted by molar-refractivity contribution is 9.10. The van der Waals surface area contributed by atoms with E-state index in [-0.39, 0.29) is 5.57 Å². The van der Waals surface area contributed by atoms with Gasteiger partial charge in [-0.1, -0.05) is 35.9 Å². The summed E-state index contributed by atoms with van der Waals surface area (Å²) in [5.74, 6) is 1.13. The zero-order valence-corrected chi connectivity index (χ0v) is 20.8. The highest BCUT2D eigenvalue weighted by atomic mass is 79.9. The summed E-state index contributed by atoms with van der Waals surface area (Å²) in [5.41, 5.74) is 3.30. The van der Waals surface area contributed by atoms with Gasteiger partial charge in [-0.3, -0.25) is 4.79 Å². The minimum absolute atomic E-state index is 0.0518. The number of aryl methyl sites for hydroxylation is 1. The molecular weight excluding hydrogens is 496 g/mol. The van der Waals surface area contributed by atoms with Gasteiger partial charge in [0.1, 0.15) is 24.0 Å². The fourth-order valence-electron chi connectivity index (χ4n) is 3.15. The van der Waals surface area contributed by atoms with E-state index in [1.54, 1.807) is 36.4 Å². The maximum atomic E-state index is 12.7. The van der Waals surface area contributed by atoms with E-state index >= 15 is 0 Å². The number of ether oxygens (including phenoxy) is 3. The van der Waals surface area contributed by atoms with Crippen molar-refractivity contribution in [3.8, 4) is 23.3 Å². The molecule has 0 aliphatic rings. The minimum Gasteiger partial charge on any atom is -0.494 e. The molecule has 6 nitrogen and oxygen atoms in total. The molecule has 0 atom stereocenters. The van der Waals surface area contributed by atoms with E-state index in [4.69, 9.17) is 14.2 Å². The molecular formula is C27H25BrN2O4. The van der Waals surface area contributed by atoms with Gasteiger partial charge in [-0.05, 0) is 71.2 Å². The van der Waals surface area contributed by atoms with Gasteiger partial charge in [0.05, 0.1) is 18.2 Å². The standard InChI is InChI=1S/C27H25BrN2O4/c1-4-33-23-7-5-6-22(15-23)30-27(31)21(16-29)12-20-13-24(28)26(25(14-20)32-3)34-17-19-10-8-18(2)9-11-19/h5-15H,4,17H2,1-3H3,(H,30,31)/b21-12-. The van der Waals surface area contributed by atoms with E-state index in [2.05, 4.69) is 21.2 Å². The number of anilines is 1. The van der Waals surface area contributed by atoms with Crippen LogP contribution in [0.4, 0.5) is 5.69 Å². The number of hydrogen-bond acceptors (Lipinski definition) is 5. The van der Waals surface area contributed by atoms with E-state index in [1.165, 1.54) is 18.7 Å². The number of nitriles is 1. The maximum Gasteiger partial charge on any atom is 0.266 e. The molecule has 34 heavy (non-hydrogen) atoms. The molecule has 0 radical (unpaired) electrons. The molecule has 0 bridgehead atoms. The third-order valence-corrected chi connectivity index (χ3v) is 5.42. The summed E-state index contributed by atoms with van der Waals surface area (Å²) in [6.45, 7) is 4.80. The van der Waals surface area contributed by atoms with Crippen molar-refractivity contribution in [3.63, 3.8) is 0 Å². The molecule has 0 aliphatic carbocycles. The van der Waals surface area contributed by atoms with Crippen LogP contribution in [0.2, 0.25) is 0 Å². The van der Waals surface area contributed by atoms with Crippen LogP contribution in [-0.2, 0) is 11.4 Å². The van der Waals surface area contributed by atoms with Gasteiger partial charge in [0.2, 0.25) is 0 Å². The van der Waals surface area contributed by atoms with E-state index in [0.717, 1.165) is 5.56 Å².